The van der Waals surface area contributed by atoms with Crippen LogP contribution in [-0.4, -0.2) is 11.8 Å². The summed E-state index contributed by atoms with van der Waals surface area (Å²) in [6, 6.07) is 7.91. The van der Waals surface area contributed by atoms with Gasteiger partial charge in [-0.05, 0) is 30.5 Å². The van der Waals surface area contributed by atoms with E-state index in [9.17, 15) is 0 Å². The maximum absolute atomic E-state index is 7.26. The van der Waals surface area contributed by atoms with Crippen LogP contribution in [0.4, 0.5) is 0 Å². The monoisotopic (exact) mass is 260 g/mol. The van der Waals surface area contributed by atoms with Crippen LogP contribution < -0.4 is 0 Å². The molecule has 0 spiro atoms. The third-order valence-corrected chi connectivity index (χ3v) is 2.54. The Kier molecular flexibility index (Phi) is 6.02. The molecule has 1 aromatic rings. The Morgan fingerprint density at radius 3 is 2.44 bits per heavy atom. The minimum absolute atomic E-state index is 0.308. The SMILES string of the molecule is Clc1ccc(C2CCCO2)cc1.O[N+]#CCl. The Balaban J connectivity index is 0.000000280. The Morgan fingerprint density at radius 2 is 2.00 bits per heavy atom. The van der Waals surface area contributed by atoms with Gasteiger partial charge in [0.2, 0.25) is 5.01 Å². The molecule has 1 aliphatic rings. The number of halogens is 2. The Morgan fingerprint density at radius 1 is 1.38 bits per heavy atom. The molecule has 5 heteroatoms. The molecule has 0 bridgehead atoms. The van der Waals surface area contributed by atoms with Crippen molar-refractivity contribution in [3.05, 3.63) is 39.9 Å². The summed E-state index contributed by atoms with van der Waals surface area (Å²) in [7, 11) is 0. The first-order chi connectivity index (χ1) is 7.77. The quantitative estimate of drug-likeness (QED) is 0.772. The van der Waals surface area contributed by atoms with E-state index in [1.165, 1.54) is 12.0 Å². The smallest absolute Gasteiger partial charge is 0.374 e. The second-order valence-electron chi connectivity index (χ2n) is 3.24. The molecule has 0 aromatic heterocycles. The van der Waals surface area contributed by atoms with Crippen molar-refractivity contribution in [2.24, 2.45) is 0 Å². The van der Waals surface area contributed by atoms with Crippen LogP contribution in [0.3, 0.4) is 0 Å². The van der Waals surface area contributed by atoms with Gasteiger partial charge >= 0.3 is 5.53 Å². The summed E-state index contributed by atoms with van der Waals surface area (Å²) in [5, 5.41) is 10.3. The van der Waals surface area contributed by atoms with Crippen LogP contribution in [0.1, 0.15) is 24.5 Å². The van der Waals surface area contributed by atoms with Crippen LogP contribution in [0.5, 0.6) is 0 Å². The molecule has 16 heavy (non-hydrogen) atoms. The third-order valence-electron chi connectivity index (χ3n) is 2.21. The molecule has 1 heterocycles. The summed E-state index contributed by atoms with van der Waals surface area (Å²) in [4.78, 5) is 0. The van der Waals surface area contributed by atoms with Gasteiger partial charge in [0.1, 0.15) is 0 Å². The minimum Gasteiger partial charge on any atom is -0.374 e. The highest BCUT2D eigenvalue weighted by atomic mass is 35.5. The van der Waals surface area contributed by atoms with Crippen molar-refractivity contribution < 1.29 is 9.94 Å². The van der Waals surface area contributed by atoms with Crippen molar-refractivity contribution in [1.29, 1.82) is 0 Å². The Hall–Kier alpha value is -0.950. The molecule has 1 atom stereocenters. The number of hydrogen-bond acceptors (Lipinski definition) is 2. The number of rotatable bonds is 1. The van der Waals surface area contributed by atoms with Crippen molar-refractivity contribution >= 4 is 23.2 Å². The molecule has 1 aromatic carbocycles. The van der Waals surface area contributed by atoms with E-state index in [4.69, 9.17) is 21.5 Å². The highest BCUT2D eigenvalue weighted by molar-refractivity contribution is 6.30. The van der Waals surface area contributed by atoms with E-state index in [0.717, 1.165) is 18.1 Å². The second kappa shape index (κ2) is 7.34. The summed E-state index contributed by atoms with van der Waals surface area (Å²) in [6.45, 7) is 0.896. The predicted molar refractivity (Wildman–Crippen MR) is 64.3 cm³/mol. The van der Waals surface area contributed by atoms with Gasteiger partial charge < -0.3 is 4.74 Å². The van der Waals surface area contributed by atoms with Crippen molar-refractivity contribution in [2.45, 2.75) is 18.9 Å². The van der Waals surface area contributed by atoms with Crippen LogP contribution >= 0.6 is 23.2 Å². The van der Waals surface area contributed by atoms with Gasteiger partial charge in [0.15, 0.2) is 0 Å². The number of nitrogens with zero attached hydrogens (tertiary/aromatic N) is 1. The van der Waals surface area contributed by atoms with Gasteiger partial charge in [-0.3, -0.25) is 0 Å². The van der Waals surface area contributed by atoms with Gasteiger partial charge in [-0.15, -0.1) is 0 Å². The van der Waals surface area contributed by atoms with Crippen LogP contribution in [0.2, 0.25) is 5.02 Å². The van der Waals surface area contributed by atoms with E-state index >= 15 is 0 Å². The number of ether oxygens (including phenoxy) is 1. The van der Waals surface area contributed by atoms with Crippen molar-refractivity contribution in [3.63, 3.8) is 0 Å². The topological polar surface area (TPSA) is 33.8 Å². The van der Waals surface area contributed by atoms with E-state index in [-0.39, 0.29) is 0 Å². The number of hydrogen-bond donors (Lipinski definition) is 1. The van der Waals surface area contributed by atoms with Gasteiger partial charge in [-0.2, -0.15) is 5.21 Å². The molecule has 3 nitrogen and oxygen atoms in total. The van der Waals surface area contributed by atoms with Gasteiger partial charge in [-0.25, -0.2) is 0 Å². The molecule has 1 fully saturated rings. The first-order valence-corrected chi connectivity index (χ1v) is 5.60. The fraction of sp³-hybridized carbons (Fsp3) is 0.364. The standard InChI is InChI=1S/C10H11ClO.CClNO/c11-9-5-3-8(4-6-9)10-2-1-7-12-10;2-1-3-4/h3-6,10H,1-2,7H2;/p+1. The lowest BCUT2D eigenvalue weighted by molar-refractivity contribution is 0.112. The van der Waals surface area contributed by atoms with Crippen LogP contribution in [0.25, 0.3) is 5.01 Å². The Bertz CT molecular complexity index is 358. The molecule has 0 saturated carbocycles. The van der Waals surface area contributed by atoms with E-state index in [1.54, 1.807) is 5.53 Å². The molecule has 2 rings (SSSR count). The van der Waals surface area contributed by atoms with Gasteiger partial charge in [-0.1, -0.05) is 23.7 Å². The maximum atomic E-state index is 7.26. The molecule has 86 valence electrons. The molecule has 0 amide bonds. The fourth-order valence-electron chi connectivity index (χ4n) is 1.52. The van der Waals surface area contributed by atoms with Gasteiger partial charge in [0, 0.05) is 11.6 Å². The molecule has 0 radical (unpaired) electrons. The van der Waals surface area contributed by atoms with E-state index < -0.39 is 0 Å². The van der Waals surface area contributed by atoms with Crippen molar-refractivity contribution in [1.82, 2.24) is 0 Å². The van der Waals surface area contributed by atoms with E-state index in [1.807, 2.05) is 24.3 Å². The van der Waals surface area contributed by atoms with E-state index in [2.05, 4.69) is 16.6 Å². The lowest BCUT2D eigenvalue weighted by Crippen LogP contribution is -1.94. The maximum Gasteiger partial charge on any atom is 0.466 e. The number of benzene rings is 1. The highest BCUT2D eigenvalue weighted by Gasteiger charge is 2.16. The zero-order valence-electron chi connectivity index (χ0n) is 8.57. The molecule has 1 saturated heterocycles. The van der Waals surface area contributed by atoms with Crippen molar-refractivity contribution in [2.75, 3.05) is 6.61 Å². The molecule has 1 unspecified atom stereocenters. The molecular formula is C11H12Cl2NO2+. The van der Waals surface area contributed by atoms with Gasteiger partial charge in [0.25, 0.3) is 0 Å². The Labute approximate surface area is 104 Å². The largest absolute Gasteiger partial charge is 0.466 e. The normalized spacial score (nSPS) is 18.0. The predicted octanol–water partition coefficient (Wildman–Crippen LogP) is 4.10. The average molecular weight is 261 g/mol. The van der Waals surface area contributed by atoms with Gasteiger partial charge in [0.05, 0.1) is 17.7 Å². The van der Waals surface area contributed by atoms with E-state index in [0.29, 0.717) is 6.10 Å². The summed E-state index contributed by atoms with van der Waals surface area (Å²) >= 11 is 10.3. The second-order valence-corrected chi connectivity index (χ2v) is 3.84. The first-order valence-electron chi connectivity index (χ1n) is 4.84. The third kappa shape index (κ3) is 4.28. The lowest BCUT2D eigenvalue weighted by Gasteiger charge is -2.08. The average Bonchev–Trinajstić information content (AvgIpc) is 2.84. The lowest BCUT2D eigenvalue weighted by atomic mass is 10.1. The van der Waals surface area contributed by atoms with Crippen molar-refractivity contribution in [3.8, 4) is 5.53 Å². The molecular weight excluding hydrogens is 249 g/mol. The summed E-state index contributed by atoms with van der Waals surface area (Å²) in [5.74, 6) is 0. The summed E-state index contributed by atoms with van der Waals surface area (Å²) in [5.41, 5.74) is 2.83. The van der Waals surface area contributed by atoms with Crippen LogP contribution in [-0.2, 0) is 4.74 Å². The minimum atomic E-state index is 0.308. The molecule has 0 aliphatic carbocycles. The zero-order chi connectivity index (χ0) is 11.8. The molecule has 1 N–H and O–H groups in total. The summed E-state index contributed by atoms with van der Waals surface area (Å²) in [6.07, 6.45) is 2.62. The zero-order valence-corrected chi connectivity index (χ0v) is 10.1. The highest BCUT2D eigenvalue weighted by Crippen LogP contribution is 2.28. The fourth-order valence-corrected chi connectivity index (χ4v) is 1.64. The van der Waals surface area contributed by atoms with Crippen LogP contribution in [0.15, 0.2) is 24.3 Å². The molecule has 1 aliphatic heterocycles. The summed E-state index contributed by atoms with van der Waals surface area (Å²) < 4.78 is 5.54. The van der Waals surface area contributed by atoms with Crippen LogP contribution in [0, 0.1) is 5.53 Å². The first kappa shape index (κ1) is 13.1.